The predicted octanol–water partition coefficient (Wildman–Crippen LogP) is 3.40. The second-order valence-corrected chi connectivity index (χ2v) is 6.99. The largest absolute Gasteiger partial charge is 0.326 e. The summed E-state index contributed by atoms with van der Waals surface area (Å²) in [5, 5.41) is 5.73. The number of allylic oxidation sites excluding steroid dienone is 1. The van der Waals surface area contributed by atoms with Crippen LogP contribution >= 0.6 is 0 Å². The van der Waals surface area contributed by atoms with Crippen LogP contribution in [0.25, 0.3) is 0 Å². The van der Waals surface area contributed by atoms with Crippen molar-refractivity contribution in [1.29, 1.82) is 0 Å². The van der Waals surface area contributed by atoms with Crippen LogP contribution in [0, 0.1) is 5.92 Å². The van der Waals surface area contributed by atoms with Crippen LogP contribution in [0.4, 0.5) is 11.4 Å². The highest BCUT2D eigenvalue weighted by molar-refractivity contribution is 5.94. The fourth-order valence-electron chi connectivity index (χ4n) is 3.71. The Kier molecular flexibility index (Phi) is 5.87. The molecule has 2 N–H and O–H groups in total. The Hall–Kier alpha value is -2.14. The molecule has 0 bridgehead atoms. The van der Waals surface area contributed by atoms with E-state index < -0.39 is 0 Å². The highest BCUT2D eigenvalue weighted by Gasteiger charge is 2.28. The molecule has 1 heterocycles. The number of hydrogen-bond acceptors (Lipinski definition) is 3. The lowest BCUT2D eigenvalue weighted by atomic mass is 9.92. The maximum atomic E-state index is 12.6. The van der Waals surface area contributed by atoms with Crippen molar-refractivity contribution in [3.8, 4) is 0 Å². The zero-order valence-electron chi connectivity index (χ0n) is 14.8. The van der Waals surface area contributed by atoms with E-state index in [0.29, 0.717) is 11.7 Å². The number of likely N-dealkylation sites (tertiary alicyclic amines) is 1. The van der Waals surface area contributed by atoms with Crippen molar-refractivity contribution in [3.63, 3.8) is 0 Å². The van der Waals surface area contributed by atoms with Gasteiger partial charge >= 0.3 is 0 Å². The van der Waals surface area contributed by atoms with E-state index in [2.05, 4.69) is 27.7 Å². The second kappa shape index (κ2) is 8.30. The van der Waals surface area contributed by atoms with E-state index >= 15 is 0 Å². The molecule has 1 atom stereocenters. The molecule has 1 saturated heterocycles. The molecule has 1 fully saturated rings. The molecule has 25 heavy (non-hydrogen) atoms. The SMILES string of the molecule is CC(=O)Nc1cccc(NC(=O)C2CCN([C@@H]3C=CCCC3)CC2)c1. The molecule has 0 unspecified atom stereocenters. The molecule has 1 aromatic carbocycles. The summed E-state index contributed by atoms with van der Waals surface area (Å²) in [5.74, 6) is 0.0275. The van der Waals surface area contributed by atoms with Gasteiger partial charge in [0.05, 0.1) is 0 Å². The van der Waals surface area contributed by atoms with E-state index in [1.807, 2.05) is 18.2 Å². The zero-order valence-corrected chi connectivity index (χ0v) is 14.8. The number of piperidine rings is 1. The number of anilines is 2. The third-order valence-electron chi connectivity index (χ3n) is 5.05. The molecule has 3 rings (SSSR count). The molecule has 2 aliphatic rings. The number of rotatable bonds is 4. The van der Waals surface area contributed by atoms with Gasteiger partial charge in [-0.2, -0.15) is 0 Å². The van der Waals surface area contributed by atoms with E-state index in [0.717, 1.165) is 31.6 Å². The van der Waals surface area contributed by atoms with Crippen molar-refractivity contribution >= 4 is 23.2 Å². The van der Waals surface area contributed by atoms with Crippen molar-refractivity contribution in [2.24, 2.45) is 5.92 Å². The fourth-order valence-corrected chi connectivity index (χ4v) is 3.71. The van der Waals surface area contributed by atoms with Crippen molar-refractivity contribution in [3.05, 3.63) is 36.4 Å². The maximum absolute atomic E-state index is 12.6. The topological polar surface area (TPSA) is 61.4 Å². The Morgan fingerprint density at radius 2 is 1.80 bits per heavy atom. The summed E-state index contributed by atoms with van der Waals surface area (Å²) in [6, 6.07) is 7.85. The first kappa shape index (κ1) is 17.7. The quantitative estimate of drug-likeness (QED) is 0.825. The molecule has 5 heteroatoms. The molecular weight excluding hydrogens is 314 g/mol. The molecule has 0 saturated carbocycles. The monoisotopic (exact) mass is 341 g/mol. The van der Waals surface area contributed by atoms with Crippen LogP contribution in [0.3, 0.4) is 0 Å². The summed E-state index contributed by atoms with van der Waals surface area (Å²) in [6.07, 6.45) is 10.1. The lowest BCUT2D eigenvalue weighted by molar-refractivity contribution is -0.121. The van der Waals surface area contributed by atoms with E-state index in [4.69, 9.17) is 0 Å². The molecule has 1 aliphatic carbocycles. The van der Waals surface area contributed by atoms with E-state index in [1.165, 1.54) is 26.2 Å². The predicted molar refractivity (Wildman–Crippen MR) is 100 cm³/mol. The van der Waals surface area contributed by atoms with Crippen molar-refractivity contribution in [1.82, 2.24) is 4.90 Å². The van der Waals surface area contributed by atoms with Crippen LogP contribution in [-0.2, 0) is 9.59 Å². The summed E-state index contributed by atoms with van der Waals surface area (Å²) in [5.41, 5.74) is 1.43. The number of nitrogens with one attached hydrogen (secondary N) is 2. The summed E-state index contributed by atoms with van der Waals surface area (Å²) in [7, 11) is 0. The molecule has 1 aliphatic heterocycles. The first-order valence-electron chi connectivity index (χ1n) is 9.21. The maximum Gasteiger partial charge on any atom is 0.227 e. The third-order valence-corrected chi connectivity index (χ3v) is 5.05. The van der Waals surface area contributed by atoms with Gasteiger partial charge in [-0.15, -0.1) is 0 Å². The average Bonchev–Trinajstić information content (AvgIpc) is 2.62. The lowest BCUT2D eigenvalue weighted by Crippen LogP contribution is -2.43. The van der Waals surface area contributed by atoms with Crippen LogP contribution in [0.5, 0.6) is 0 Å². The van der Waals surface area contributed by atoms with Gasteiger partial charge in [-0.1, -0.05) is 18.2 Å². The van der Waals surface area contributed by atoms with Gasteiger partial charge in [0.2, 0.25) is 11.8 Å². The number of hydrogen-bond donors (Lipinski definition) is 2. The number of nitrogens with zero attached hydrogens (tertiary/aromatic N) is 1. The van der Waals surface area contributed by atoms with Gasteiger partial charge < -0.3 is 10.6 Å². The Morgan fingerprint density at radius 3 is 2.44 bits per heavy atom. The van der Waals surface area contributed by atoms with Gasteiger partial charge in [-0.3, -0.25) is 14.5 Å². The van der Waals surface area contributed by atoms with E-state index in [9.17, 15) is 9.59 Å². The molecule has 0 spiro atoms. The standard InChI is InChI=1S/C20H27N3O2/c1-15(24)21-17-6-5-7-18(14-17)22-20(25)16-10-12-23(13-11-16)19-8-3-2-4-9-19/h3,5-8,14,16,19H,2,4,9-13H2,1H3,(H,21,24)(H,22,25)/t19-/m1/s1. The second-order valence-electron chi connectivity index (χ2n) is 6.99. The third kappa shape index (κ3) is 4.92. The van der Waals surface area contributed by atoms with Crippen LogP contribution in [0.15, 0.2) is 36.4 Å². The van der Waals surface area contributed by atoms with Crippen LogP contribution in [-0.4, -0.2) is 35.8 Å². The van der Waals surface area contributed by atoms with Crippen molar-refractivity contribution in [2.45, 2.75) is 45.1 Å². The molecule has 134 valence electrons. The van der Waals surface area contributed by atoms with Crippen molar-refractivity contribution < 1.29 is 9.59 Å². The van der Waals surface area contributed by atoms with Crippen LogP contribution in [0.1, 0.15) is 39.0 Å². The normalized spacial score (nSPS) is 21.7. The summed E-state index contributed by atoms with van der Waals surface area (Å²) in [6.45, 7) is 3.44. The highest BCUT2D eigenvalue weighted by atomic mass is 16.2. The minimum absolute atomic E-state index is 0.0632. The minimum atomic E-state index is -0.118. The summed E-state index contributed by atoms with van der Waals surface area (Å²) >= 11 is 0. The number of carbonyl (C=O) groups is 2. The molecule has 5 nitrogen and oxygen atoms in total. The van der Waals surface area contributed by atoms with E-state index in [-0.39, 0.29) is 17.7 Å². The smallest absolute Gasteiger partial charge is 0.227 e. The molecule has 2 amide bonds. The molecule has 1 aromatic rings. The van der Waals surface area contributed by atoms with Crippen molar-refractivity contribution in [2.75, 3.05) is 23.7 Å². The van der Waals surface area contributed by atoms with Crippen LogP contribution < -0.4 is 10.6 Å². The van der Waals surface area contributed by atoms with Gasteiger partial charge in [0.1, 0.15) is 0 Å². The fraction of sp³-hybridized carbons (Fsp3) is 0.500. The summed E-state index contributed by atoms with van der Waals surface area (Å²) < 4.78 is 0. The Balaban J connectivity index is 1.52. The first-order chi connectivity index (χ1) is 12.1. The number of benzene rings is 1. The van der Waals surface area contributed by atoms with Gasteiger partial charge in [-0.05, 0) is 63.4 Å². The van der Waals surface area contributed by atoms with Gasteiger partial charge in [0, 0.05) is 30.3 Å². The van der Waals surface area contributed by atoms with Gasteiger partial charge in [0.15, 0.2) is 0 Å². The zero-order chi connectivity index (χ0) is 17.6. The molecule has 0 radical (unpaired) electrons. The van der Waals surface area contributed by atoms with Gasteiger partial charge in [-0.25, -0.2) is 0 Å². The highest BCUT2D eigenvalue weighted by Crippen LogP contribution is 2.25. The number of carbonyl (C=O) groups excluding carboxylic acids is 2. The molecular formula is C20H27N3O2. The Bertz CT molecular complexity index is 648. The van der Waals surface area contributed by atoms with E-state index in [1.54, 1.807) is 6.07 Å². The Labute approximate surface area is 149 Å². The first-order valence-corrected chi connectivity index (χ1v) is 9.21. The Morgan fingerprint density at radius 1 is 1.08 bits per heavy atom. The van der Waals surface area contributed by atoms with Crippen LogP contribution in [0.2, 0.25) is 0 Å². The number of amides is 2. The average molecular weight is 341 g/mol. The molecule has 0 aromatic heterocycles. The summed E-state index contributed by atoms with van der Waals surface area (Å²) in [4.78, 5) is 26.2. The van der Waals surface area contributed by atoms with Gasteiger partial charge in [0.25, 0.3) is 0 Å². The lowest BCUT2D eigenvalue weighted by Gasteiger charge is -2.37. The minimum Gasteiger partial charge on any atom is -0.326 e.